The molecule has 1 aromatic rings. The smallest absolute Gasteiger partial charge is 0.328 e. The van der Waals surface area contributed by atoms with Crippen molar-refractivity contribution in [1.29, 1.82) is 5.26 Å². The Kier molecular flexibility index (Phi) is 3.19. The molecule has 0 aliphatic heterocycles. The Morgan fingerprint density at radius 1 is 1.50 bits per heavy atom. The number of hydrogen-bond donors (Lipinski definition) is 2. The van der Waals surface area contributed by atoms with Gasteiger partial charge in [0.25, 0.3) is 0 Å². The minimum atomic E-state index is -1.03. The Morgan fingerprint density at radius 2 is 2.12 bits per heavy atom. The number of aryl methyl sites for hydroxylation is 1. The van der Waals surface area contributed by atoms with Gasteiger partial charge in [-0.1, -0.05) is 0 Å². The fraction of sp³-hybridized carbons (Fsp3) is 0.333. The Balaban J connectivity index is 2.97. The molecular weight excluding hydrogens is 204 g/mol. The molecule has 0 heterocycles. The molecule has 0 radical (unpaired) electrons. The van der Waals surface area contributed by atoms with E-state index in [1.54, 1.807) is 32.0 Å². The molecule has 1 rings (SSSR count). The number of nitrogens with zero attached hydrogens (tertiary/aromatic N) is 1. The topological polar surface area (TPSA) is 73.1 Å². The molecule has 0 bridgehead atoms. The Hall–Kier alpha value is -2.02. The molecule has 0 fully saturated rings. The van der Waals surface area contributed by atoms with Crippen molar-refractivity contribution in [2.45, 2.75) is 26.3 Å². The van der Waals surface area contributed by atoms with E-state index in [4.69, 9.17) is 10.4 Å². The first-order valence-electron chi connectivity index (χ1n) is 4.89. The van der Waals surface area contributed by atoms with Gasteiger partial charge in [0.15, 0.2) is 0 Å². The lowest BCUT2D eigenvalue weighted by molar-refractivity contribution is -0.141. The molecule has 0 saturated carbocycles. The van der Waals surface area contributed by atoms with Crippen molar-refractivity contribution in [1.82, 2.24) is 0 Å². The van der Waals surface area contributed by atoms with E-state index in [0.717, 1.165) is 5.56 Å². The first-order chi connectivity index (χ1) is 7.36. The largest absolute Gasteiger partial charge is 0.480 e. The molecule has 4 heteroatoms. The minimum absolute atomic E-state index is 0.596. The molecule has 0 aromatic heterocycles. The molecule has 0 unspecified atom stereocenters. The van der Waals surface area contributed by atoms with Crippen LogP contribution < -0.4 is 5.32 Å². The molecule has 2 N–H and O–H groups in total. The SMILES string of the molecule is Cc1cc(NC(C)(C)C(=O)O)ccc1C#N. The average molecular weight is 218 g/mol. The van der Waals surface area contributed by atoms with Crippen LogP contribution in [0.15, 0.2) is 18.2 Å². The van der Waals surface area contributed by atoms with Gasteiger partial charge in [0, 0.05) is 5.69 Å². The monoisotopic (exact) mass is 218 g/mol. The van der Waals surface area contributed by atoms with Crippen molar-refractivity contribution < 1.29 is 9.90 Å². The standard InChI is InChI=1S/C12H14N2O2/c1-8-6-10(5-4-9(8)7-13)14-12(2,3)11(15)16/h4-6,14H,1-3H3,(H,15,16). The number of benzene rings is 1. The highest BCUT2D eigenvalue weighted by atomic mass is 16.4. The predicted octanol–water partition coefficient (Wildman–Crippen LogP) is 2.14. The summed E-state index contributed by atoms with van der Waals surface area (Å²) < 4.78 is 0. The van der Waals surface area contributed by atoms with E-state index in [-0.39, 0.29) is 0 Å². The second kappa shape index (κ2) is 4.23. The van der Waals surface area contributed by atoms with Crippen LogP contribution in [-0.2, 0) is 4.79 Å². The van der Waals surface area contributed by atoms with Crippen molar-refractivity contribution in [2.24, 2.45) is 0 Å². The van der Waals surface area contributed by atoms with Crippen LogP contribution in [-0.4, -0.2) is 16.6 Å². The molecule has 4 nitrogen and oxygen atoms in total. The van der Waals surface area contributed by atoms with E-state index >= 15 is 0 Å². The Morgan fingerprint density at radius 3 is 2.56 bits per heavy atom. The van der Waals surface area contributed by atoms with Gasteiger partial charge in [-0.15, -0.1) is 0 Å². The number of rotatable bonds is 3. The third kappa shape index (κ3) is 2.51. The van der Waals surface area contributed by atoms with Gasteiger partial charge in [-0.2, -0.15) is 5.26 Å². The van der Waals surface area contributed by atoms with Crippen LogP contribution in [0.1, 0.15) is 25.0 Å². The molecule has 1 aromatic carbocycles. The summed E-state index contributed by atoms with van der Waals surface area (Å²) in [5, 5.41) is 20.6. The highest BCUT2D eigenvalue weighted by molar-refractivity contribution is 5.81. The van der Waals surface area contributed by atoms with E-state index in [1.807, 2.05) is 6.92 Å². The second-order valence-electron chi connectivity index (χ2n) is 4.20. The number of nitriles is 1. The summed E-state index contributed by atoms with van der Waals surface area (Å²) in [4.78, 5) is 10.9. The minimum Gasteiger partial charge on any atom is -0.480 e. The van der Waals surface area contributed by atoms with Gasteiger partial charge < -0.3 is 10.4 Å². The normalized spacial score (nSPS) is 10.6. The average Bonchev–Trinajstić information content (AvgIpc) is 2.17. The highest BCUT2D eigenvalue weighted by Crippen LogP contribution is 2.18. The number of aliphatic carboxylic acids is 1. The third-order valence-electron chi connectivity index (χ3n) is 2.34. The Bertz CT molecular complexity index is 459. The maximum atomic E-state index is 10.9. The van der Waals surface area contributed by atoms with Crippen LogP contribution in [0, 0.1) is 18.3 Å². The number of nitrogens with one attached hydrogen (secondary N) is 1. The zero-order valence-corrected chi connectivity index (χ0v) is 9.53. The summed E-state index contributed by atoms with van der Waals surface area (Å²) in [5.74, 6) is -0.922. The van der Waals surface area contributed by atoms with Crippen molar-refractivity contribution >= 4 is 11.7 Å². The lowest BCUT2D eigenvalue weighted by Crippen LogP contribution is -2.39. The summed E-state index contributed by atoms with van der Waals surface area (Å²) in [6.07, 6.45) is 0. The van der Waals surface area contributed by atoms with Gasteiger partial charge in [-0.3, -0.25) is 0 Å². The van der Waals surface area contributed by atoms with Gasteiger partial charge >= 0.3 is 5.97 Å². The molecule has 0 atom stereocenters. The summed E-state index contributed by atoms with van der Waals surface area (Å²) in [5.41, 5.74) is 1.09. The summed E-state index contributed by atoms with van der Waals surface area (Å²) in [7, 11) is 0. The fourth-order valence-corrected chi connectivity index (χ4v) is 1.28. The van der Waals surface area contributed by atoms with Crippen molar-refractivity contribution in [3.8, 4) is 6.07 Å². The molecule has 0 amide bonds. The molecule has 0 aliphatic carbocycles. The second-order valence-corrected chi connectivity index (χ2v) is 4.20. The number of hydrogen-bond acceptors (Lipinski definition) is 3. The van der Waals surface area contributed by atoms with Gasteiger partial charge in [0.1, 0.15) is 5.54 Å². The Labute approximate surface area is 94.5 Å². The van der Waals surface area contributed by atoms with Crippen LogP contribution in [0.5, 0.6) is 0 Å². The van der Waals surface area contributed by atoms with Crippen LogP contribution in [0.25, 0.3) is 0 Å². The summed E-state index contributed by atoms with van der Waals surface area (Å²) in [6, 6.07) is 7.21. The molecular formula is C12H14N2O2. The molecule has 0 aliphatic rings. The van der Waals surface area contributed by atoms with Crippen LogP contribution in [0.3, 0.4) is 0 Å². The van der Waals surface area contributed by atoms with Gasteiger partial charge in [0.2, 0.25) is 0 Å². The number of carboxylic acids is 1. The van der Waals surface area contributed by atoms with E-state index < -0.39 is 11.5 Å². The third-order valence-corrected chi connectivity index (χ3v) is 2.34. The summed E-state index contributed by atoms with van der Waals surface area (Å²) >= 11 is 0. The van der Waals surface area contributed by atoms with Gasteiger partial charge in [-0.05, 0) is 44.5 Å². The first kappa shape index (κ1) is 12.1. The van der Waals surface area contributed by atoms with Gasteiger partial charge in [0.05, 0.1) is 11.6 Å². The fourth-order valence-electron chi connectivity index (χ4n) is 1.28. The van der Waals surface area contributed by atoms with E-state index in [9.17, 15) is 4.79 Å². The van der Waals surface area contributed by atoms with Crippen LogP contribution in [0.4, 0.5) is 5.69 Å². The first-order valence-corrected chi connectivity index (χ1v) is 4.89. The van der Waals surface area contributed by atoms with Crippen LogP contribution >= 0.6 is 0 Å². The van der Waals surface area contributed by atoms with E-state index in [0.29, 0.717) is 11.3 Å². The molecule has 0 saturated heterocycles. The van der Waals surface area contributed by atoms with Crippen LogP contribution in [0.2, 0.25) is 0 Å². The predicted molar refractivity (Wildman–Crippen MR) is 61.2 cm³/mol. The lowest BCUT2D eigenvalue weighted by Gasteiger charge is -2.22. The number of carbonyl (C=O) groups is 1. The number of anilines is 1. The number of carboxylic acid groups (broad SMARTS) is 1. The molecule has 84 valence electrons. The molecule has 16 heavy (non-hydrogen) atoms. The van der Waals surface area contributed by atoms with Crippen molar-refractivity contribution in [2.75, 3.05) is 5.32 Å². The molecule has 0 spiro atoms. The van der Waals surface area contributed by atoms with Crippen molar-refractivity contribution in [3.05, 3.63) is 29.3 Å². The van der Waals surface area contributed by atoms with E-state index in [2.05, 4.69) is 11.4 Å². The highest BCUT2D eigenvalue weighted by Gasteiger charge is 2.26. The zero-order chi connectivity index (χ0) is 12.3. The van der Waals surface area contributed by atoms with Gasteiger partial charge in [-0.25, -0.2) is 4.79 Å². The maximum Gasteiger partial charge on any atom is 0.328 e. The zero-order valence-electron chi connectivity index (χ0n) is 9.53. The maximum absolute atomic E-state index is 10.9. The summed E-state index contributed by atoms with van der Waals surface area (Å²) in [6.45, 7) is 4.99. The van der Waals surface area contributed by atoms with Crippen molar-refractivity contribution in [3.63, 3.8) is 0 Å². The quantitative estimate of drug-likeness (QED) is 0.815. The lowest BCUT2D eigenvalue weighted by atomic mass is 10.0. The van der Waals surface area contributed by atoms with E-state index in [1.165, 1.54) is 0 Å².